The molecule has 0 spiro atoms. The van der Waals surface area contributed by atoms with Crippen molar-refractivity contribution in [2.75, 3.05) is 5.73 Å². The van der Waals surface area contributed by atoms with Gasteiger partial charge in [-0.1, -0.05) is 23.7 Å². The molecule has 2 aromatic carbocycles. The van der Waals surface area contributed by atoms with Crippen LogP contribution in [0.3, 0.4) is 0 Å². The summed E-state index contributed by atoms with van der Waals surface area (Å²) < 4.78 is 0. The molecule has 0 aromatic heterocycles. The predicted molar refractivity (Wildman–Crippen MR) is 82.9 cm³/mol. The average molecular weight is 300 g/mol. The fourth-order valence-electron chi connectivity index (χ4n) is 1.88. The summed E-state index contributed by atoms with van der Waals surface area (Å²) in [5.74, 6) is -0.228. The second-order valence-corrected chi connectivity index (χ2v) is 5.07. The molecular weight excluding hydrogens is 286 g/mol. The lowest BCUT2D eigenvalue weighted by atomic mass is 10.1. The van der Waals surface area contributed by atoms with Gasteiger partial charge < -0.3 is 11.1 Å². The number of halogens is 1. The molecule has 0 radical (unpaired) electrons. The number of carbonyl (C=O) groups excluding carboxylic acids is 1. The molecule has 0 fully saturated rings. The minimum absolute atomic E-state index is 0.179. The molecule has 0 saturated heterocycles. The monoisotopic (exact) mass is 299 g/mol. The van der Waals surface area contributed by atoms with Crippen molar-refractivity contribution >= 4 is 23.2 Å². The van der Waals surface area contributed by atoms with Gasteiger partial charge in [-0.25, -0.2) is 0 Å². The van der Waals surface area contributed by atoms with E-state index in [9.17, 15) is 4.79 Å². The Morgan fingerprint density at radius 3 is 2.52 bits per heavy atom. The number of hydrogen-bond acceptors (Lipinski definition) is 3. The van der Waals surface area contributed by atoms with E-state index in [0.29, 0.717) is 21.8 Å². The van der Waals surface area contributed by atoms with Crippen molar-refractivity contribution in [2.45, 2.75) is 13.0 Å². The number of nitrogen functional groups attached to an aromatic ring is 1. The molecular formula is C16H14ClN3O. The number of nitrogens with one attached hydrogen (secondary N) is 1. The second-order valence-electron chi connectivity index (χ2n) is 4.67. The van der Waals surface area contributed by atoms with Crippen molar-refractivity contribution in [2.24, 2.45) is 0 Å². The summed E-state index contributed by atoms with van der Waals surface area (Å²) in [6.07, 6.45) is 0. The van der Waals surface area contributed by atoms with E-state index < -0.39 is 0 Å². The number of anilines is 1. The average Bonchev–Trinajstić information content (AvgIpc) is 2.50. The third-order valence-corrected chi connectivity index (χ3v) is 3.48. The molecule has 0 bridgehead atoms. The Morgan fingerprint density at radius 2 is 1.95 bits per heavy atom. The Labute approximate surface area is 128 Å². The van der Waals surface area contributed by atoms with Gasteiger partial charge in [0.05, 0.1) is 28.4 Å². The van der Waals surface area contributed by atoms with Crippen LogP contribution in [-0.2, 0) is 0 Å². The van der Waals surface area contributed by atoms with E-state index in [1.165, 1.54) is 6.07 Å². The molecule has 0 aliphatic carbocycles. The molecule has 0 aliphatic rings. The molecule has 4 nitrogen and oxygen atoms in total. The third kappa shape index (κ3) is 3.53. The van der Waals surface area contributed by atoms with Gasteiger partial charge in [-0.3, -0.25) is 4.79 Å². The number of benzene rings is 2. The van der Waals surface area contributed by atoms with Crippen LogP contribution in [0.15, 0.2) is 42.5 Å². The molecule has 3 N–H and O–H groups in total. The van der Waals surface area contributed by atoms with Gasteiger partial charge in [-0.05, 0) is 42.8 Å². The molecule has 21 heavy (non-hydrogen) atoms. The van der Waals surface area contributed by atoms with Gasteiger partial charge in [0.1, 0.15) is 0 Å². The topological polar surface area (TPSA) is 78.9 Å². The predicted octanol–water partition coefficient (Wildman–Crippen LogP) is 3.28. The molecule has 0 heterocycles. The van der Waals surface area contributed by atoms with E-state index in [4.69, 9.17) is 22.6 Å². The number of rotatable bonds is 3. The second kappa shape index (κ2) is 6.29. The van der Waals surface area contributed by atoms with Gasteiger partial charge in [-0.2, -0.15) is 5.26 Å². The summed E-state index contributed by atoms with van der Waals surface area (Å²) in [6, 6.07) is 13.7. The SMILES string of the molecule is CC(NC(=O)c1ccc(N)c(Cl)c1)c1ccc(C#N)cc1. The minimum atomic E-state index is -0.228. The number of nitriles is 1. The normalized spacial score (nSPS) is 11.5. The molecule has 2 rings (SSSR count). The van der Waals surface area contributed by atoms with E-state index >= 15 is 0 Å². The zero-order valence-corrected chi connectivity index (χ0v) is 12.2. The molecule has 0 aliphatic heterocycles. The van der Waals surface area contributed by atoms with Crippen LogP contribution in [0.1, 0.15) is 34.5 Å². The van der Waals surface area contributed by atoms with Crippen LogP contribution >= 0.6 is 11.6 Å². The van der Waals surface area contributed by atoms with Crippen LogP contribution in [0, 0.1) is 11.3 Å². The first-order chi connectivity index (χ1) is 10.0. The Morgan fingerprint density at radius 1 is 1.29 bits per heavy atom. The van der Waals surface area contributed by atoms with Gasteiger partial charge in [0, 0.05) is 5.56 Å². The van der Waals surface area contributed by atoms with Gasteiger partial charge in [0.2, 0.25) is 0 Å². The molecule has 5 heteroatoms. The minimum Gasteiger partial charge on any atom is -0.398 e. The van der Waals surface area contributed by atoms with E-state index in [0.717, 1.165) is 5.56 Å². The quantitative estimate of drug-likeness (QED) is 0.854. The van der Waals surface area contributed by atoms with Gasteiger partial charge >= 0.3 is 0 Å². The van der Waals surface area contributed by atoms with Gasteiger partial charge in [0.25, 0.3) is 5.91 Å². The van der Waals surface area contributed by atoms with E-state index in [2.05, 4.69) is 11.4 Å². The lowest BCUT2D eigenvalue weighted by Gasteiger charge is -2.14. The lowest BCUT2D eigenvalue weighted by Crippen LogP contribution is -2.26. The zero-order valence-electron chi connectivity index (χ0n) is 11.4. The highest BCUT2D eigenvalue weighted by Gasteiger charge is 2.12. The summed E-state index contributed by atoms with van der Waals surface area (Å²) in [4.78, 5) is 12.2. The van der Waals surface area contributed by atoms with Crippen LogP contribution in [0.25, 0.3) is 0 Å². The first-order valence-electron chi connectivity index (χ1n) is 6.37. The van der Waals surface area contributed by atoms with Crippen LogP contribution in [0.5, 0.6) is 0 Å². The number of amides is 1. The van der Waals surface area contributed by atoms with Crippen molar-refractivity contribution in [1.82, 2.24) is 5.32 Å². The molecule has 1 amide bonds. The number of nitrogens with zero attached hydrogens (tertiary/aromatic N) is 1. The largest absolute Gasteiger partial charge is 0.398 e. The van der Waals surface area contributed by atoms with Crippen molar-refractivity contribution < 1.29 is 4.79 Å². The van der Waals surface area contributed by atoms with Crippen molar-refractivity contribution in [3.63, 3.8) is 0 Å². The maximum Gasteiger partial charge on any atom is 0.251 e. The Balaban J connectivity index is 2.10. The van der Waals surface area contributed by atoms with Crippen LogP contribution < -0.4 is 11.1 Å². The summed E-state index contributed by atoms with van der Waals surface area (Å²) in [5.41, 5.74) is 8.02. The van der Waals surface area contributed by atoms with Gasteiger partial charge in [0.15, 0.2) is 0 Å². The summed E-state index contributed by atoms with van der Waals surface area (Å²) >= 11 is 5.91. The van der Waals surface area contributed by atoms with Crippen molar-refractivity contribution in [3.8, 4) is 6.07 Å². The standard InChI is InChI=1S/C16H14ClN3O/c1-10(12-4-2-11(9-18)3-5-12)20-16(21)13-6-7-15(19)14(17)8-13/h2-8,10H,19H2,1H3,(H,20,21). The zero-order chi connectivity index (χ0) is 15.4. The van der Waals surface area contributed by atoms with Crippen LogP contribution in [0.2, 0.25) is 5.02 Å². The van der Waals surface area contributed by atoms with Crippen molar-refractivity contribution in [1.29, 1.82) is 5.26 Å². The highest BCUT2D eigenvalue weighted by atomic mass is 35.5. The van der Waals surface area contributed by atoms with Crippen LogP contribution in [0.4, 0.5) is 5.69 Å². The van der Waals surface area contributed by atoms with E-state index in [1.807, 2.05) is 19.1 Å². The van der Waals surface area contributed by atoms with E-state index in [-0.39, 0.29) is 11.9 Å². The molecule has 106 valence electrons. The molecule has 1 unspecified atom stereocenters. The molecule has 1 atom stereocenters. The van der Waals surface area contributed by atoms with E-state index in [1.54, 1.807) is 24.3 Å². The van der Waals surface area contributed by atoms with Crippen molar-refractivity contribution in [3.05, 3.63) is 64.2 Å². The highest BCUT2D eigenvalue weighted by Crippen LogP contribution is 2.20. The maximum absolute atomic E-state index is 12.2. The van der Waals surface area contributed by atoms with Crippen LogP contribution in [-0.4, -0.2) is 5.91 Å². The Kier molecular flexibility index (Phi) is 4.46. The molecule has 0 saturated carbocycles. The fraction of sp³-hybridized carbons (Fsp3) is 0.125. The first kappa shape index (κ1) is 14.9. The maximum atomic E-state index is 12.2. The highest BCUT2D eigenvalue weighted by molar-refractivity contribution is 6.33. The summed E-state index contributed by atoms with van der Waals surface area (Å²) in [5, 5.41) is 12.0. The Bertz CT molecular complexity index is 704. The number of nitrogens with two attached hydrogens (primary N) is 1. The fourth-order valence-corrected chi connectivity index (χ4v) is 2.06. The number of hydrogen-bond donors (Lipinski definition) is 2. The smallest absolute Gasteiger partial charge is 0.251 e. The first-order valence-corrected chi connectivity index (χ1v) is 6.75. The number of carbonyl (C=O) groups is 1. The lowest BCUT2D eigenvalue weighted by molar-refractivity contribution is 0.0940. The summed E-state index contributed by atoms with van der Waals surface area (Å²) in [6.45, 7) is 1.87. The Hall–Kier alpha value is -2.51. The molecule has 2 aromatic rings. The van der Waals surface area contributed by atoms with Gasteiger partial charge in [-0.15, -0.1) is 0 Å². The summed E-state index contributed by atoms with van der Waals surface area (Å²) in [7, 11) is 0. The third-order valence-electron chi connectivity index (χ3n) is 3.15.